The Hall–Kier alpha value is -2.17. The molecule has 3 aromatic rings. The molecule has 0 aliphatic heterocycles. The first-order chi connectivity index (χ1) is 8.72. The lowest BCUT2D eigenvalue weighted by Crippen LogP contribution is -2.17. The van der Waals surface area contributed by atoms with E-state index < -0.39 is 0 Å². The number of hydrogen-bond donors (Lipinski definition) is 1. The molecule has 1 aliphatic rings. The highest BCUT2D eigenvalue weighted by molar-refractivity contribution is 5.91. The summed E-state index contributed by atoms with van der Waals surface area (Å²) in [6.07, 6.45) is 2.26. The van der Waals surface area contributed by atoms with Gasteiger partial charge in [-0.05, 0) is 31.9 Å². The van der Waals surface area contributed by atoms with E-state index in [1.165, 1.54) is 4.52 Å². The molecule has 0 bridgehead atoms. The minimum Gasteiger partial charge on any atom is -0.305 e. The molecule has 1 fully saturated rings. The normalized spacial score (nSPS) is 15.6. The molecule has 2 aromatic heterocycles. The summed E-state index contributed by atoms with van der Waals surface area (Å²) < 4.78 is 1.38. The number of H-pyrrole nitrogens is 1. The molecule has 2 heterocycles. The Morgan fingerprint density at radius 3 is 3.00 bits per heavy atom. The summed E-state index contributed by atoms with van der Waals surface area (Å²) in [6, 6.07) is 5.93. The average molecular weight is 240 g/mol. The Morgan fingerprint density at radius 1 is 1.39 bits per heavy atom. The van der Waals surface area contributed by atoms with Crippen molar-refractivity contribution in [3.05, 3.63) is 40.1 Å². The lowest BCUT2D eigenvalue weighted by molar-refractivity contribution is 0.834. The number of fused-ring (bicyclic) bond motifs is 3. The fourth-order valence-electron chi connectivity index (χ4n) is 2.28. The van der Waals surface area contributed by atoms with Gasteiger partial charge in [-0.15, -0.1) is 5.10 Å². The Bertz CT molecular complexity index is 826. The minimum atomic E-state index is -0.222. The maximum atomic E-state index is 11.9. The quantitative estimate of drug-likeness (QED) is 0.705. The Balaban J connectivity index is 2.17. The van der Waals surface area contributed by atoms with Crippen LogP contribution in [0.25, 0.3) is 16.6 Å². The van der Waals surface area contributed by atoms with Crippen LogP contribution in [0.5, 0.6) is 0 Å². The molecule has 0 spiro atoms. The molecule has 0 atom stereocenters. The number of nitrogens with one attached hydrogen (secondary N) is 1. The number of rotatable bonds is 1. The zero-order valence-electron chi connectivity index (χ0n) is 9.97. The van der Waals surface area contributed by atoms with Crippen LogP contribution in [0.1, 0.15) is 30.1 Å². The van der Waals surface area contributed by atoms with Crippen molar-refractivity contribution in [3.63, 3.8) is 0 Å². The van der Waals surface area contributed by atoms with Crippen molar-refractivity contribution in [2.45, 2.75) is 25.7 Å². The summed E-state index contributed by atoms with van der Waals surface area (Å²) in [6.45, 7) is 2.03. The molecule has 0 amide bonds. The standard InChI is InChI=1S/C13H12N4O/c1-7-2-5-10-9(6-7)12-15-11(8-3-4-8)16-17(12)13(18)14-10/h2,5-6,8H,3-4H2,1H3,(H,14,18). The van der Waals surface area contributed by atoms with E-state index >= 15 is 0 Å². The molecular weight excluding hydrogens is 228 g/mol. The van der Waals surface area contributed by atoms with Gasteiger partial charge in [0.15, 0.2) is 11.5 Å². The van der Waals surface area contributed by atoms with Gasteiger partial charge in [-0.2, -0.15) is 4.52 Å². The Kier molecular flexibility index (Phi) is 1.74. The van der Waals surface area contributed by atoms with Crippen LogP contribution in [-0.4, -0.2) is 19.6 Å². The SMILES string of the molecule is Cc1ccc2[nH]c(=O)n3nc(C4CC4)nc3c2c1. The van der Waals surface area contributed by atoms with E-state index in [1.54, 1.807) is 0 Å². The van der Waals surface area contributed by atoms with Crippen molar-refractivity contribution in [2.24, 2.45) is 0 Å². The number of aryl methyl sites for hydroxylation is 1. The molecule has 1 aliphatic carbocycles. The van der Waals surface area contributed by atoms with Gasteiger partial charge in [-0.3, -0.25) is 0 Å². The van der Waals surface area contributed by atoms with Crippen LogP contribution < -0.4 is 5.69 Å². The predicted octanol–water partition coefficient (Wildman–Crippen LogP) is 1.76. The van der Waals surface area contributed by atoms with Gasteiger partial charge in [0.1, 0.15) is 0 Å². The zero-order chi connectivity index (χ0) is 12.3. The van der Waals surface area contributed by atoms with Crippen LogP contribution >= 0.6 is 0 Å². The monoisotopic (exact) mass is 240 g/mol. The topological polar surface area (TPSA) is 63.0 Å². The van der Waals surface area contributed by atoms with Gasteiger partial charge >= 0.3 is 5.69 Å². The van der Waals surface area contributed by atoms with Gasteiger partial charge < -0.3 is 4.98 Å². The molecule has 1 saturated carbocycles. The van der Waals surface area contributed by atoms with E-state index in [2.05, 4.69) is 15.1 Å². The third-order valence-electron chi connectivity index (χ3n) is 3.42. The van der Waals surface area contributed by atoms with Crippen LogP contribution in [0.3, 0.4) is 0 Å². The summed E-state index contributed by atoms with van der Waals surface area (Å²) in [7, 11) is 0. The van der Waals surface area contributed by atoms with E-state index in [1.807, 2.05) is 25.1 Å². The van der Waals surface area contributed by atoms with Gasteiger partial charge in [0, 0.05) is 11.3 Å². The predicted molar refractivity (Wildman–Crippen MR) is 67.8 cm³/mol. The van der Waals surface area contributed by atoms with E-state index in [9.17, 15) is 4.79 Å². The molecule has 1 aromatic carbocycles. The fraction of sp³-hybridized carbons (Fsp3) is 0.308. The van der Waals surface area contributed by atoms with Crippen LogP contribution in [0.4, 0.5) is 0 Å². The molecule has 5 nitrogen and oxygen atoms in total. The number of aromatic amines is 1. The van der Waals surface area contributed by atoms with Crippen molar-refractivity contribution < 1.29 is 0 Å². The van der Waals surface area contributed by atoms with Gasteiger partial charge in [-0.1, -0.05) is 11.6 Å². The molecule has 0 unspecified atom stereocenters. The number of benzene rings is 1. The van der Waals surface area contributed by atoms with Crippen molar-refractivity contribution in [1.29, 1.82) is 0 Å². The first-order valence-electron chi connectivity index (χ1n) is 6.12. The molecule has 4 rings (SSSR count). The molecule has 5 heteroatoms. The highest BCUT2D eigenvalue weighted by Crippen LogP contribution is 2.38. The van der Waals surface area contributed by atoms with Gasteiger partial charge in [0.05, 0.1) is 5.52 Å². The molecule has 90 valence electrons. The fourth-order valence-corrected chi connectivity index (χ4v) is 2.28. The first kappa shape index (κ1) is 9.82. The van der Waals surface area contributed by atoms with Crippen LogP contribution in [0.2, 0.25) is 0 Å². The zero-order valence-corrected chi connectivity index (χ0v) is 9.97. The minimum absolute atomic E-state index is 0.222. The summed E-state index contributed by atoms with van der Waals surface area (Å²) in [5.74, 6) is 1.25. The van der Waals surface area contributed by atoms with Gasteiger partial charge in [-0.25, -0.2) is 9.78 Å². The number of aromatic nitrogens is 4. The van der Waals surface area contributed by atoms with E-state index in [4.69, 9.17) is 0 Å². The maximum absolute atomic E-state index is 11.9. The Morgan fingerprint density at radius 2 is 2.22 bits per heavy atom. The average Bonchev–Trinajstić information content (AvgIpc) is 3.10. The van der Waals surface area contributed by atoms with Crippen molar-refractivity contribution in [1.82, 2.24) is 19.6 Å². The van der Waals surface area contributed by atoms with Crippen LogP contribution in [-0.2, 0) is 0 Å². The smallest absolute Gasteiger partial charge is 0.305 e. The maximum Gasteiger partial charge on any atom is 0.348 e. The summed E-state index contributed by atoms with van der Waals surface area (Å²) in [4.78, 5) is 19.3. The van der Waals surface area contributed by atoms with Gasteiger partial charge in [0.2, 0.25) is 0 Å². The molecule has 0 radical (unpaired) electrons. The molecule has 18 heavy (non-hydrogen) atoms. The second kappa shape index (κ2) is 3.19. The number of hydrogen-bond acceptors (Lipinski definition) is 3. The first-order valence-corrected chi connectivity index (χ1v) is 6.12. The van der Waals surface area contributed by atoms with Crippen molar-refractivity contribution >= 4 is 16.6 Å². The van der Waals surface area contributed by atoms with Crippen molar-refractivity contribution in [3.8, 4) is 0 Å². The summed E-state index contributed by atoms with van der Waals surface area (Å²) in [5.41, 5.74) is 2.40. The van der Waals surface area contributed by atoms with Crippen LogP contribution in [0.15, 0.2) is 23.0 Å². The molecule has 0 saturated heterocycles. The number of nitrogens with zero attached hydrogens (tertiary/aromatic N) is 3. The van der Waals surface area contributed by atoms with Gasteiger partial charge in [0.25, 0.3) is 0 Å². The molecular formula is C13H12N4O. The van der Waals surface area contributed by atoms with Crippen molar-refractivity contribution in [2.75, 3.05) is 0 Å². The highest BCUT2D eigenvalue weighted by Gasteiger charge is 2.28. The lowest BCUT2D eigenvalue weighted by atomic mass is 10.2. The third-order valence-corrected chi connectivity index (χ3v) is 3.42. The molecule has 1 N–H and O–H groups in total. The largest absolute Gasteiger partial charge is 0.348 e. The van der Waals surface area contributed by atoms with E-state index in [-0.39, 0.29) is 5.69 Å². The van der Waals surface area contributed by atoms with E-state index in [0.29, 0.717) is 11.6 Å². The highest BCUT2D eigenvalue weighted by atomic mass is 16.1. The van der Waals surface area contributed by atoms with Crippen LogP contribution in [0, 0.1) is 6.92 Å². The van der Waals surface area contributed by atoms with E-state index in [0.717, 1.165) is 35.1 Å². The second-order valence-corrected chi connectivity index (χ2v) is 4.96. The summed E-state index contributed by atoms with van der Waals surface area (Å²) >= 11 is 0. The lowest BCUT2D eigenvalue weighted by Gasteiger charge is -2.00. The second-order valence-electron chi connectivity index (χ2n) is 4.96. The third kappa shape index (κ3) is 1.30. The summed E-state index contributed by atoms with van der Waals surface area (Å²) in [5, 5.41) is 5.27. The Labute approximate surface area is 102 Å².